The molecule has 1 heterocycles. The molecule has 0 aromatic heterocycles. The van der Waals surface area contributed by atoms with E-state index >= 15 is 0 Å². The molecule has 0 atom stereocenters. The van der Waals surface area contributed by atoms with Gasteiger partial charge in [0.15, 0.2) is 5.57 Å². The van der Waals surface area contributed by atoms with Crippen LogP contribution in [0.1, 0.15) is 26.3 Å². The molecule has 1 aliphatic heterocycles. The van der Waals surface area contributed by atoms with Gasteiger partial charge in [0.2, 0.25) is 0 Å². The molecule has 1 fully saturated rings. The topological polar surface area (TPSA) is 84.9 Å². The molecule has 0 radical (unpaired) electrons. The first-order chi connectivity index (χ1) is 10.8. The summed E-state index contributed by atoms with van der Waals surface area (Å²) in [6, 6.07) is 9.67. The second kappa shape index (κ2) is 6.56. The fourth-order valence-corrected chi connectivity index (χ4v) is 2.03. The van der Waals surface area contributed by atoms with E-state index in [9.17, 15) is 14.7 Å². The molecule has 1 aromatic rings. The first kappa shape index (κ1) is 16.6. The summed E-state index contributed by atoms with van der Waals surface area (Å²) in [5.74, 6) is -3.64. The lowest BCUT2D eigenvalue weighted by Crippen LogP contribution is -2.42. The highest BCUT2D eigenvalue weighted by molar-refractivity contribution is 6.16. The van der Waals surface area contributed by atoms with Crippen molar-refractivity contribution < 1.29 is 24.2 Å². The number of esters is 2. The van der Waals surface area contributed by atoms with E-state index in [0.717, 1.165) is 5.56 Å². The normalized spacial score (nSPS) is 17.3. The summed E-state index contributed by atoms with van der Waals surface area (Å²) in [6.07, 6.45) is 1.29. The van der Waals surface area contributed by atoms with Crippen LogP contribution in [0.15, 0.2) is 53.4 Å². The third-order valence-electron chi connectivity index (χ3n) is 3.11. The Morgan fingerprint density at radius 3 is 2.30 bits per heavy atom. The lowest BCUT2D eigenvalue weighted by Gasteiger charge is -2.29. The van der Waals surface area contributed by atoms with Gasteiger partial charge < -0.3 is 19.9 Å². The van der Waals surface area contributed by atoms with Crippen molar-refractivity contribution in [3.05, 3.63) is 59.0 Å². The van der Waals surface area contributed by atoms with Crippen LogP contribution >= 0.6 is 0 Å². The highest BCUT2D eigenvalue weighted by Gasteiger charge is 2.40. The summed E-state index contributed by atoms with van der Waals surface area (Å²) in [6.45, 7) is 5.15. The Kier molecular flexibility index (Phi) is 4.74. The zero-order valence-electron chi connectivity index (χ0n) is 13.3. The monoisotopic (exact) mass is 317 g/mol. The van der Waals surface area contributed by atoms with E-state index in [-0.39, 0.29) is 0 Å². The van der Waals surface area contributed by atoms with Crippen LogP contribution in [0, 0.1) is 0 Å². The Labute approximate surface area is 134 Å². The zero-order valence-corrected chi connectivity index (χ0v) is 13.3. The molecule has 1 aromatic carbocycles. The van der Waals surface area contributed by atoms with Gasteiger partial charge in [-0.1, -0.05) is 30.3 Å². The summed E-state index contributed by atoms with van der Waals surface area (Å²) >= 11 is 0. The van der Waals surface area contributed by atoms with Gasteiger partial charge in [-0.3, -0.25) is 0 Å². The molecule has 0 spiro atoms. The van der Waals surface area contributed by atoms with E-state index in [1.165, 1.54) is 19.9 Å². The summed E-state index contributed by atoms with van der Waals surface area (Å²) in [5.41, 5.74) is 1.14. The quantitative estimate of drug-likeness (QED) is 0.384. The molecule has 0 bridgehead atoms. The van der Waals surface area contributed by atoms with Gasteiger partial charge in [-0.15, -0.1) is 0 Å². The van der Waals surface area contributed by atoms with Crippen LogP contribution in [0.4, 0.5) is 0 Å². The molecule has 6 heteroatoms. The van der Waals surface area contributed by atoms with E-state index in [2.05, 4.69) is 5.32 Å². The third kappa shape index (κ3) is 4.35. The summed E-state index contributed by atoms with van der Waals surface area (Å²) < 4.78 is 9.88. The van der Waals surface area contributed by atoms with E-state index < -0.39 is 29.1 Å². The smallest absolute Gasteiger partial charge is 0.352 e. The second-order valence-electron chi connectivity index (χ2n) is 5.61. The van der Waals surface area contributed by atoms with Crippen LogP contribution in [0.25, 0.3) is 0 Å². The van der Waals surface area contributed by atoms with Gasteiger partial charge in [-0.2, -0.15) is 0 Å². The maximum absolute atomic E-state index is 11.8. The van der Waals surface area contributed by atoms with Crippen molar-refractivity contribution in [1.29, 1.82) is 0 Å². The molecule has 2 rings (SSSR count). The summed E-state index contributed by atoms with van der Waals surface area (Å²) in [4.78, 5) is 23.7. The fourth-order valence-electron chi connectivity index (χ4n) is 2.03. The van der Waals surface area contributed by atoms with Crippen LogP contribution < -0.4 is 5.32 Å². The molecule has 0 saturated carbocycles. The van der Waals surface area contributed by atoms with Crippen LogP contribution in [0.2, 0.25) is 0 Å². The van der Waals surface area contributed by atoms with Crippen LogP contribution in [0.5, 0.6) is 0 Å². The molecule has 0 amide bonds. The lowest BCUT2D eigenvalue weighted by molar-refractivity contribution is -0.222. The van der Waals surface area contributed by atoms with Gasteiger partial charge in [-0.05, 0) is 18.6 Å². The Balaban J connectivity index is 2.10. The molecule has 23 heavy (non-hydrogen) atoms. The largest absolute Gasteiger partial charge is 0.507 e. The first-order valence-corrected chi connectivity index (χ1v) is 7.14. The molecule has 1 saturated heterocycles. The van der Waals surface area contributed by atoms with Gasteiger partial charge in [0, 0.05) is 26.1 Å². The second-order valence-corrected chi connectivity index (χ2v) is 5.61. The molecule has 1 aliphatic rings. The standard InChI is InChI=1S/C17H19NO5/c1-11(18-10-12-7-5-4-6-8-12)9-13(19)14-15(20)22-17(2,3)23-16(14)21/h4-9,18-19H,10H2,1-3H3/b11-9-. The van der Waals surface area contributed by atoms with Gasteiger partial charge >= 0.3 is 11.9 Å². The number of cyclic esters (lactones) is 2. The average Bonchev–Trinajstić information content (AvgIpc) is 2.44. The Morgan fingerprint density at radius 1 is 1.17 bits per heavy atom. The van der Waals surface area contributed by atoms with E-state index in [1.54, 1.807) is 6.92 Å². The van der Waals surface area contributed by atoms with Crippen molar-refractivity contribution in [1.82, 2.24) is 5.32 Å². The molecule has 2 N–H and O–H groups in total. The minimum Gasteiger partial charge on any atom is -0.507 e. The summed E-state index contributed by atoms with van der Waals surface area (Å²) in [7, 11) is 0. The Morgan fingerprint density at radius 2 is 1.74 bits per heavy atom. The average molecular weight is 317 g/mol. The lowest BCUT2D eigenvalue weighted by atomic mass is 10.1. The third-order valence-corrected chi connectivity index (χ3v) is 3.11. The molecule has 0 unspecified atom stereocenters. The highest BCUT2D eigenvalue weighted by Crippen LogP contribution is 2.24. The minimum atomic E-state index is -1.33. The van der Waals surface area contributed by atoms with Crippen molar-refractivity contribution in [2.24, 2.45) is 0 Å². The van der Waals surface area contributed by atoms with Gasteiger partial charge in [0.1, 0.15) is 5.76 Å². The first-order valence-electron chi connectivity index (χ1n) is 7.14. The number of allylic oxidation sites excluding steroid dienone is 2. The number of aliphatic hydroxyl groups is 1. The van der Waals surface area contributed by atoms with Crippen molar-refractivity contribution in [3.8, 4) is 0 Å². The van der Waals surface area contributed by atoms with E-state index in [1.807, 2.05) is 30.3 Å². The number of benzene rings is 1. The van der Waals surface area contributed by atoms with E-state index in [0.29, 0.717) is 12.2 Å². The minimum absolute atomic E-state index is 0.492. The SMILES string of the molecule is C/C(=C/C(O)=C1C(=O)OC(C)(C)OC1=O)NCc1ccccc1. The van der Waals surface area contributed by atoms with Gasteiger partial charge in [0.25, 0.3) is 5.79 Å². The van der Waals surface area contributed by atoms with Crippen molar-refractivity contribution >= 4 is 11.9 Å². The molecular weight excluding hydrogens is 298 g/mol. The van der Waals surface area contributed by atoms with Crippen LogP contribution in [-0.2, 0) is 25.6 Å². The van der Waals surface area contributed by atoms with Crippen molar-refractivity contribution in [3.63, 3.8) is 0 Å². The highest BCUT2D eigenvalue weighted by atomic mass is 16.7. The molecular formula is C17H19NO5. The van der Waals surface area contributed by atoms with Gasteiger partial charge in [0.05, 0.1) is 0 Å². The number of carbonyl (C=O) groups excluding carboxylic acids is 2. The molecule has 0 aliphatic carbocycles. The molecule has 122 valence electrons. The Hall–Kier alpha value is -2.76. The van der Waals surface area contributed by atoms with E-state index in [4.69, 9.17) is 9.47 Å². The summed E-state index contributed by atoms with van der Waals surface area (Å²) in [5, 5.41) is 13.1. The van der Waals surface area contributed by atoms with Crippen LogP contribution in [0.3, 0.4) is 0 Å². The number of carbonyl (C=O) groups is 2. The fraction of sp³-hybridized carbons (Fsp3) is 0.294. The maximum atomic E-state index is 11.8. The predicted molar refractivity (Wildman–Crippen MR) is 83.0 cm³/mol. The maximum Gasteiger partial charge on any atom is 0.352 e. The van der Waals surface area contributed by atoms with Crippen molar-refractivity contribution in [2.75, 3.05) is 0 Å². The number of aliphatic hydroxyl groups excluding tert-OH is 1. The zero-order chi connectivity index (χ0) is 17.0. The number of ether oxygens (including phenoxy) is 2. The Bertz CT molecular complexity index is 651. The number of nitrogens with one attached hydrogen (secondary N) is 1. The van der Waals surface area contributed by atoms with Crippen LogP contribution in [-0.4, -0.2) is 22.8 Å². The number of hydrogen-bond acceptors (Lipinski definition) is 6. The molecule has 6 nitrogen and oxygen atoms in total. The number of rotatable bonds is 4. The van der Waals surface area contributed by atoms with Crippen molar-refractivity contribution in [2.45, 2.75) is 33.1 Å². The predicted octanol–water partition coefficient (Wildman–Crippen LogP) is 2.33. The van der Waals surface area contributed by atoms with Gasteiger partial charge in [-0.25, -0.2) is 9.59 Å². The number of hydrogen-bond donors (Lipinski definition) is 2.